The number of nitrogens with zero attached hydrogens (tertiary/aromatic N) is 1. The van der Waals surface area contributed by atoms with E-state index in [9.17, 15) is 0 Å². The van der Waals surface area contributed by atoms with Gasteiger partial charge >= 0.3 is 0 Å². The summed E-state index contributed by atoms with van der Waals surface area (Å²) in [6.45, 7) is 8.36. The number of hydrogen-bond donors (Lipinski definition) is 0. The summed E-state index contributed by atoms with van der Waals surface area (Å²) in [6.07, 6.45) is 10.9. The van der Waals surface area contributed by atoms with Crippen molar-refractivity contribution in [3.05, 3.63) is 145 Å². The van der Waals surface area contributed by atoms with Crippen molar-refractivity contribution >= 4 is 41.2 Å². The van der Waals surface area contributed by atoms with E-state index in [4.69, 9.17) is 0 Å². The van der Waals surface area contributed by atoms with Crippen molar-refractivity contribution in [2.75, 3.05) is 4.90 Å². The first-order chi connectivity index (χ1) is 17.8. The number of hydrogen-bond acceptors (Lipinski definition) is 1. The average Bonchev–Trinajstić information content (AvgIpc) is 2.96. The summed E-state index contributed by atoms with van der Waals surface area (Å²) in [4.78, 5) is 2.44. The Labute approximate surface area is 214 Å². The van der Waals surface area contributed by atoms with E-state index in [2.05, 4.69) is 127 Å². The fourth-order valence-electron chi connectivity index (χ4n) is 5.71. The van der Waals surface area contributed by atoms with Crippen LogP contribution in [0.3, 0.4) is 0 Å². The van der Waals surface area contributed by atoms with Crippen LogP contribution >= 0.6 is 0 Å². The lowest BCUT2D eigenvalue weighted by Gasteiger charge is -2.40. The molecule has 0 unspecified atom stereocenters. The maximum atomic E-state index is 4.16. The van der Waals surface area contributed by atoms with Gasteiger partial charge in [0.1, 0.15) is 0 Å². The molecule has 6 rings (SSSR count). The first kappa shape index (κ1) is 22.2. The molecule has 0 N–H and O–H groups in total. The molecule has 0 radical (unpaired) electrons. The molecule has 0 amide bonds. The Morgan fingerprint density at radius 1 is 0.639 bits per heavy atom. The molecule has 0 saturated heterocycles. The first-order valence-corrected chi connectivity index (χ1v) is 12.6. The lowest BCUT2D eigenvalue weighted by Crippen LogP contribution is -2.53. The molecule has 4 aromatic rings. The maximum absolute atomic E-state index is 4.16. The number of rotatable bonds is 5. The third kappa shape index (κ3) is 3.67. The lowest BCUT2D eigenvalue weighted by molar-refractivity contribution is 0.985. The van der Waals surface area contributed by atoms with Crippen LogP contribution in [0.4, 0.5) is 11.4 Å². The minimum absolute atomic E-state index is 0.153. The molecule has 36 heavy (non-hydrogen) atoms. The van der Waals surface area contributed by atoms with Gasteiger partial charge in [-0.15, -0.1) is 0 Å². The third-order valence-corrected chi connectivity index (χ3v) is 7.35. The second-order valence-corrected chi connectivity index (χ2v) is 9.32. The Bertz CT molecular complexity index is 1510. The SMILES string of the molecule is C=Cc1cccc(B2C3=CCCC=C3N(c3ccc(-c4ccccc4)cc3)c3ccccc32)c1C=C. The molecule has 2 heteroatoms. The smallest absolute Gasteiger partial charge is 0.247 e. The van der Waals surface area contributed by atoms with Gasteiger partial charge in [0.25, 0.3) is 0 Å². The van der Waals surface area contributed by atoms with Crippen molar-refractivity contribution in [1.82, 2.24) is 0 Å². The third-order valence-electron chi connectivity index (χ3n) is 7.35. The van der Waals surface area contributed by atoms with Gasteiger partial charge in [-0.25, -0.2) is 0 Å². The second-order valence-electron chi connectivity index (χ2n) is 9.32. The van der Waals surface area contributed by atoms with Crippen molar-refractivity contribution in [2.24, 2.45) is 0 Å². The molecule has 172 valence electrons. The molecule has 0 saturated carbocycles. The molecule has 0 atom stereocenters. The minimum atomic E-state index is 0.153. The van der Waals surface area contributed by atoms with Crippen LogP contribution in [0.25, 0.3) is 23.3 Å². The Balaban J connectivity index is 1.52. The Hall–Kier alpha value is -4.30. The molecule has 2 aliphatic rings. The molecule has 1 aliphatic heterocycles. The number of allylic oxidation sites excluding steroid dienone is 3. The number of anilines is 2. The highest BCUT2D eigenvalue weighted by Gasteiger charge is 2.38. The van der Waals surface area contributed by atoms with Gasteiger partial charge in [0.05, 0.1) is 0 Å². The first-order valence-electron chi connectivity index (χ1n) is 12.6. The fourth-order valence-corrected chi connectivity index (χ4v) is 5.71. The predicted molar refractivity (Wildman–Crippen MR) is 158 cm³/mol. The molecule has 1 heterocycles. The quantitative estimate of drug-likeness (QED) is 0.278. The van der Waals surface area contributed by atoms with Gasteiger partial charge in [-0.1, -0.05) is 122 Å². The van der Waals surface area contributed by atoms with Crippen LogP contribution in [0.2, 0.25) is 0 Å². The molecule has 0 bridgehead atoms. The van der Waals surface area contributed by atoms with Crippen molar-refractivity contribution in [3.63, 3.8) is 0 Å². The van der Waals surface area contributed by atoms with Gasteiger partial charge in [-0.3, -0.25) is 0 Å². The zero-order valence-corrected chi connectivity index (χ0v) is 20.4. The Morgan fingerprint density at radius 3 is 2.11 bits per heavy atom. The van der Waals surface area contributed by atoms with Crippen LogP contribution in [0.5, 0.6) is 0 Å². The maximum Gasteiger partial charge on any atom is 0.247 e. The van der Waals surface area contributed by atoms with Crippen molar-refractivity contribution in [1.29, 1.82) is 0 Å². The fraction of sp³-hybridized carbons (Fsp3) is 0.0588. The van der Waals surface area contributed by atoms with Crippen molar-refractivity contribution in [3.8, 4) is 11.1 Å². The monoisotopic (exact) mass is 461 g/mol. The van der Waals surface area contributed by atoms with E-state index < -0.39 is 0 Å². The Kier molecular flexibility index (Phi) is 5.79. The van der Waals surface area contributed by atoms with Crippen molar-refractivity contribution in [2.45, 2.75) is 12.8 Å². The molecular weight excluding hydrogens is 433 g/mol. The van der Waals surface area contributed by atoms with E-state index in [1.165, 1.54) is 50.2 Å². The molecule has 0 spiro atoms. The van der Waals surface area contributed by atoms with Gasteiger partial charge in [0, 0.05) is 17.1 Å². The number of benzene rings is 4. The van der Waals surface area contributed by atoms with Gasteiger partial charge in [0.2, 0.25) is 6.71 Å². The summed E-state index contributed by atoms with van der Waals surface area (Å²) in [5.41, 5.74) is 12.4. The molecule has 1 nitrogen and oxygen atoms in total. The largest absolute Gasteiger partial charge is 0.312 e. The summed E-state index contributed by atoms with van der Waals surface area (Å²) in [5.74, 6) is 0. The second kappa shape index (κ2) is 9.39. The molecule has 0 aromatic heterocycles. The highest BCUT2D eigenvalue weighted by atomic mass is 15.2. The zero-order chi connectivity index (χ0) is 24.5. The van der Waals surface area contributed by atoms with Gasteiger partial charge in [0.15, 0.2) is 0 Å². The topological polar surface area (TPSA) is 3.24 Å². The van der Waals surface area contributed by atoms with Gasteiger partial charge in [-0.05, 0) is 64.2 Å². The molecule has 0 fully saturated rings. The summed E-state index contributed by atoms with van der Waals surface area (Å²) < 4.78 is 0. The van der Waals surface area contributed by atoms with Crippen LogP contribution in [0.1, 0.15) is 24.0 Å². The van der Waals surface area contributed by atoms with Crippen molar-refractivity contribution < 1.29 is 0 Å². The van der Waals surface area contributed by atoms with E-state index in [0.717, 1.165) is 18.4 Å². The van der Waals surface area contributed by atoms with E-state index in [1.807, 2.05) is 12.2 Å². The van der Waals surface area contributed by atoms with E-state index in [1.54, 1.807) is 0 Å². The summed E-state index contributed by atoms with van der Waals surface area (Å²) in [7, 11) is 0. The van der Waals surface area contributed by atoms with Crippen LogP contribution < -0.4 is 15.8 Å². The summed E-state index contributed by atoms with van der Waals surface area (Å²) >= 11 is 0. The van der Waals surface area contributed by atoms with E-state index in [-0.39, 0.29) is 6.71 Å². The van der Waals surface area contributed by atoms with E-state index in [0.29, 0.717) is 0 Å². The van der Waals surface area contributed by atoms with Crippen LogP contribution in [0.15, 0.2) is 134 Å². The van der Waals surface area contributed by atoms with Gasteiger partial charge in [-0.2, -0.15) is 0 Å². The molecule has 1 aliphatic carbocycles. The molecular formula is C34H28BN. The highest BCUT2D eigenvalue weighted by molar-refractivity contribution is 6.93. The van der Waals surface area contributed by atoms with Crippen LogP contribution in [0, 0.1) is 0 Å². The lowest BCUT2D eigenvalue weighted by atomic mass is 9.33. The summed E-state index contributed by atoms with van der Waals surface area (Å²) in [5, 5.41) is 0. The predicted octanol–water partition coefficient (Wildman–Crippen LogP) is 7.54. The number of fused-ring (bicyclic) bond motifs is 2. The molecule has 4 aromatic carbocycles. The van der Waals surface area contributed by atoms with Crippen LogP contribution in [-0.2, 0) is 0 Å². The minimum Gasteiger partial charge on any atom is -0.312 e. The average molecular weight is 461 g/mol. The summed E-state index contributed by atoms with van der Waals surface area (Å²) in [6, 6.07) is 34.9. The number of para-hydroxylation sites is 1. The normalized spacial score (nSPS) is 14.3. The van der Waals surface area contributed by atoms with Gasteiger partial charge < -0.3 is 4.90 Å². The highest BCUT2D eigenvalue weighted by Crippen LogP contribution is 2.40. The van der Waals surface area contributed by atoms with E-state index >= 15 is 0 Å². The standard InChI is InChI=1S/C34H28BN/c1-3-25-15-12-18-30(29(25)4-2)35-31-16-8-10-19-33(31)36(34-20-11-9-17-32(34)35)28-23-21-27(22-24-28)26-13-6-5-7-14-26/h3-8,10,12-24H,1-2,9,11H2. The van der Waals surface area contributed by atoms with Crippen LogP contribution in [-0.4, -0.2) is 6.71 Å². The Morgan fingerprint density at radius 2 is 1.33 bits per heavy atom. The zero-order valence-electron chi connectivity index (χ0n) is 20.4.